The summed E-state index contributed by atoms with van der Waals surface area (Å²) < 4.78 is 0. The maximum Gasteiger partial charge on any atom is 0.0604 e. The summed E-state index contributed by atoms with van der Waals surface area (Å²) >= 11 is 0. The Bertz CT molecular complexity index is 416. The summed E-state index contributed by atoms with van der Waals surface area (Å²) in [5.74, 6) is 1.40. The topological polar surface area (TPSA) is 18.5 Å². The average Bonchev–Trinajstić information content (AvgIpc) is 2.42. The van der Waals surface area contributed by atoms with Crippen molar-refractivity contribution in [3.63, 3.8) is 0 Å². The monoisotopic (exact) mass is 275 g/mol. The number of nitrogens with zero attached hydrogens (tertiary/aromatic N) is 2. The van der Waals surface area contributed by atoms with E-state index in [1.807, 2.05) is 0 Å². The van der Waals surface area contributed by atoms with E-state index in [-0.39, 0.29) is 0 Å². The number of rotatable bonds is 6. The summed E-state index contributed by atoms with van der Waals surface area (Å²) in [6, 6.07) is 8.75. The summed E-state index contributed by atoms with van der Waals surface area (Å²) in [6.45, 7) is 12.5. The first kappa shape index (κ1) is 15.2. The number of hydrogen-bond acceptors (Lipinski definition) is 3. The molecule has 1 atom stereocenters. The standard InChI is InChI=1S/C17H29N3/c1-14(2)11-18-12-15(3)13-20-10-9-19(4)16-7-5-6-8-17(16)20/h5-8,14-15,18H,9-13H2,1-4H3. The van der Waals surface area contributed by atoms with E-state index < -0.39 is 0 Å². The molecule has 0 bridgehead atoms. The Kier molecular flexibility index (Phi) is 5.30. The Labute approximate surface area is 124 Å². The van der Waals surface area contributed by atoms with Crippen molar-refractivity contribution in [3.8, 4) is 0 Å². The van der Waals surface area contributed by atoms with Crippen molar-refractivity contribution in [2.75, 3.05) is 49.6 Å². The summed E-state index contributed by atoms with van der Waals surface area (Å²) in [4.78, 5) is 4.89. The van der Waals surface area contributed by atoms with Gasteiger partial charge < -0.3 is 15.1 Å². The van der Waals surface area contributed by atoms with Crippen LogP contribution in [0.5, 0.6) is 0 Å². The van der Waals surface area contributed by atoms with Crippen LogP contribution in [0, 0.1) is 11.8 Å². The first-order valence-electron chi connectivity index (χ1n) is 7.83. The van der Waals surface area contributed by atoms with E-state index >= 15 is 0 Å². The van der Waals surface area contributed by atoms with Crippen molar-refractivity contribution in [1.29, 1.82) is 0 Å². The lowest BCUT2D eigenvalue weighted by Crippen LogP contribution is -2.42. The van der Waals surface area contributed by atoms with Crippen LogP contribution in [-0.4, -0.2) is 39.8 Å². The first-order valence-corrected chi connectivity index (χ1v) is 7.83. The summed E-state index contributed by atoms with van der Waals surface area (Å²) in [5.41, 5.74) is 2.75. The van der Waals surface area contributed by atoms with Gasteiger partial charge in [-0.15, -0.1) is 0 Å². The molecular formula is C17H29N3. The van der Waals surface area contributed by atoms with Crippen molar-refractivity contribution in [1.82, 2.24) is 5.32 Å². The van der Waals surface area contributed by atoms with E-state index in [4.69, 9.17) is 0 Å². The molecule has 0 saturated heterocycles. The quantitative estimate of drug-likeness (QED) is 0.861. The smallest absolute Gasteiger partial charge is 0.0604 e. The van der Waals surface area contributed by atoms with Gasteiger partial charge in [0, 0.05) is 26.7 Å². The fraction of sp³-hybridized carbons (Fsp3) is 0.647. The Morgan fingerprint density at radius 3 is 2.45 bits per heavy atom. The zero-order valence-corrected chi connectivity index (χ0v) is 13.4. The molecule has 0 fully saturated rings. The first-order chi connectivity index (χ1) is 9.58. The molecule has 0 spiro atoms. The summed E-state index contributed by atoms with van der Waals surface area (Å²) in [7, 11) is 2.18. The van der Waals surface area contributed by atoms with Crippen LogP contribution < -0.4 is 15.1 Å². The number of benzene rings is 1. The van der Waals surface area contributed by atoms with E-state index in [1.54, 1.807) is 0 Å². The lowest BCUT2D eigenvalue weighted by atomic mass is 10.1. The zero-order valence-electron chi connectivity index (χ0n) is 13.4. The minimum Gasteiger partial charge on any atom is -0.371 e. The molecule has 112 valence electrons. The number of fused-ring (bicyclic) bond motifs is 1. The molecular weight excluding hydrogens is 246 g/mol. The Morgan fingerprint density at radius 2 is 1.75 bits per heavy atom. The largest absolute Gasteiger partial charge is 0.371 e. The third-order valence-corrected chi connectivity index (χ3v) is 3.92. The zero-order chi connectivity index (χ0) is 14.5. The molecule has 0 radical (unpaired) electrons. The second kappa shape index (κ2) is 6.98. The molecule has 1 N–H and O–H groups in total. The summed E-state index contributed by atoms with van der Waals surface area (Å²) in [6.07, 6.45) is 0. The van der Waals surface area contributed by atoms with Crippen LogP contribution in [-0.2, 0) is 0 Å². The number of hydrogen-bond donors (Lipinski definition) is 1. The maximum absolute atomic E-state index is 3.57. The lowest BCUT2D eigenvalue weighted by Gasteiger charge is -2.38. The molecule has 0 aromatic heterocycles. The second-order valence-corrected chi connectivity index (χ2v) is 6.51. The molecule has 0 aliphatic carbocycles. The van der Waals surface area contributed by atoms with Gasteiger partial charge in [-0.2, -0.15) is 0 Å². The summed E-state index contributed by atoms with van der Waals surface area (Å²) in [5, 5.41) is 3.57. The van der Waals surface area contributed by atoms with E-state index in [2.05, 4.69) is 67.2 Å². The number of para-hydroxylation sites is 2. The fourth-order valence-corrected chi connectivity index (χ4v) is 2.81. The third kappa shape index (κ3) is 3.89. The van der Waals surface area contributed by atoms with E-state index in [1.165, 1.54) is 11.4 Å². The van der Waals surface area contributed by atoms with Crippen LogP contribution in [0.3, 0.4) is 0 Å². The average molecular weight is 275 g/mol. The van der Waals surface area contributed by atoms with Crippen LogP contribution in [0.15, 0.2) is 24.3 Å². The molecule has 20 heavy (non-hydrogen) atoms. The molecule has 3 nitrogen and oxygen atoms in total. The van der Waals surface area contributed by atoms with Gasteiger partial charge in [-0.05, 0) is 37.1 Å². The van der Waals surface area contributed by atoms with Crippen LogP contribution in [0.4, 0.5) is 11.4 Å². The molecule has 2 rings (SSSR count). The predicted molar refractivity (Wildman–Crippen MR) is 88.8 cm³/mol. The number of likely N-dealkylation sites (N-methyl/N-ethyl adjacent to an activating group) is 1. The van der Waals surface area contributed by atoms with Crippen molar-refractivity contribution in [2.45, 2.75) is 20.8 Å². The Morgan fingerprint density at radius 1 is 1.05 bits per heavy atom. The highest BCUT2D eigenvalue weighted by Gasteiger charge is 2.20. The van der Waals surface area contributed by atoms with Gasteiger partial charge in [0.2, 0.25) is 0 Å². The highest BCUT2D eigenvalue weighted by molar-refractivity contribution is 5.73. The third-order valence-electron chi connectivity index (χ3n) is 3.92. The van der Waals surface area contributed by atoms with Crippen molar-refractivity contribution < 1.29 is 0 Å². The van der Waals surface area contributed by atoms with Crippen LogP contribution >= 0.6 is 0 Å². The molecule has 3 heteroatoms. The van der Waals surface area contributed by atoms with Crippen LogP contribution in [0.1, 0.15) is 20.8 Å². The van der Waals surface area contributed by atoms with Crippen molar-refractivity contribution in [3.05, 3.63) is 24.3 Å². The van der Waals surface area contributed by atoms with Gasteiger partial charge in [0.15, 0.2) is 0 Å². The van der Waals surface area contributed by atoms with Gasteiger partial charge in [0.05, 0.1) is 11.4 Å². The molecule has 1 aromatic carbocycles. The molecule has 1 heterocycles. The SMILES string of the molecule is CC(C)CNCC(C)CN1CCN(C)c2ccccc21. The van der Waals surface area contributed by atoms with Gasteiger partial charge in [0.25, 0.3) is 0 Å². The Hall–Kier alpha value is -1.22. The van der Waals surface area contributed by atoms with Gasteiger partial charge >= 0.3 is 0 Å². The number of anilines is 2. The normalized spacial score (nSPS) is 16.4. The van der Waals surface area contributed by atoms with E-state index in [0.717, 1.165) is 38.6 Å². The number of nitrogens with one attached hydrogen (secondary N) is 1. The molecule has 0 saturated carbocycles. The molecule has 1 aliphatic rings. The van der Waals surface area contributed by atoms with Gasteiger partial charge in [-0.1, -0.05) is 32.9 Å². The molecule has 1 unspecified atom stereocenters. The second-order valence-electron chi connectivity index (χ2n) is 6.51. The van der Waals surface area contributed by atoms with Crippen molar-refractivity contribution >= 4 is 11.4 Å². The molecule has 1 aliphatic heterocycles. The molecule has 1 aromatic rings. The van der Waals surface area contributed by atoms with Crippen LogP contribution in [0.2, 0.25) is 0 Å². The highest BCUT2D eigenvalue weighted by Crippen LogP contribution is 2.31. The minimum absolute atomic E-state index is 0.671. The van der Waals surface area contributed by atoms with Crippen LogP contribution in [0.25, 0.3) is 0 Å². The van der Waals surface area contributed by atoms with Gasteiger partial charge in [-0.3, -0.25) is 0 Å². The molecule has 0 amide bonds. The lowest BCUT2D eigenvalue weighted by molar-refractivity contribution is 0.469. The predicted octanol–water partition coefficient (Wildman–Crippen LogP) is 2.82. The Balaban J connectivity index is 1.92. The van der Waals surface area contributed by atoms with E-state index in [0.29, 0.717) is 5.92 Å². The van der Waals surface area contributed by atoms with Gasteiger partial charge in [-0.25, -0.2) is 0 Å². The minimum atomic E-state index is 0.671. The maximum atomic E-state index is 3.57. The van der Waals surface area contributed by atoms with Gasteiger partial charge in [0.1, 0.15) is 0 Å². The van der Waals surface area contributed by atoms with Crippen molar-refractivity contribution in [2.24, 2.45) is 11.8 Å². The van der Waals surface area contributed by atoms with E-state index in [9.17, 15) is 0 Å². The fourth-order valence-electron chi connectivity index (χ4n) is 2.81. The highest BCUT2D eigenvalue weighted by atomic mass is 15.2.